The molecule has 0 aliphatic heterocycles. The number of hydrogen-bond acceptors (Lipinski definition) is 2. The minimum atomic E-state index is -0.573. The molecular formula is C15H12ClFN2O2. The highest BCUT2D eigenvalue weighted by atomic mass is 35.5. The molecular weight excluding hydrogens is 295 g/mol. The van der Waals surface area contributed by atoms with E-state index in [4.69, 9.17) is 11.6 Å². The van der Waals surface area contributed by atoms with Crippen molar-refractivity contribution in [2.75, 3.05) is 10.6 Å². The highest BCUT2D eigenvalue weighted by Gasteiger charge is 2.10. The van der Waals surface area contributed by atoms with Gasteiger partial charge in [0.25, 0.3) is 0 Å². The summed E-state index contributed by atoms with van der Waals surface area (Å²) in [6.07, 6.45) is -0.343. The zero-order valence-electron chi connectivity index (χ0n) is 10.9. The normalized spacial score (nSPS) is 10.0. The van der Waals surface area contributed by atoms with Crippen LogP contribution in [0, 0.1) is 5.82 Å². The molecule has 0 saturated carbocycles. The molecule has 2 rings (SSSR count). The zero-order valence-corrected chi connectivity index (χ0v) is 11.7. The van der Waals surface area contributed by atoms with Gasteiger partial charge in [0.05, 0.1) is 5.02 Å². The minimum Gasteiger partial charge on any atom is -0.326 e. The third-order valence-electron chi connectivity index (χ3n) is 2.58. The third kappa shape index (κ3) is 4.57. The Morgan fingerprint density at radius 1 is 0.952 bits per heavy atom. The number of halogens is 2. The van der Waals surface area contributed by atoms with Crippen molar-refractivity contribution in [3.8, 4) is 0 Å². The van der Waals surface area contributed by atoms with Crippen molar-refractivity contribution in [2.24, 2.45) is 0 Å². The molecule has 0 heterocycles. The number of rotatable bonds is 4. The van der Waals surface area contributed by atoms with Crippen LogP contribution in [0.15, 0.2) is 48.5 Å². The summed E-state index contributed by atoms with van der Waals surface area (Å²) in [4.78, 5) is 23.4. The van der Waals surface area contributed by atoms with Gasteiger partial charge in [-0.25, -0.2) is 4.39 Å². The Kier molecular flexibility index (Phi) is 4.90. The summed E-state index contributed by atoms with van der Waals surface area (Å²) in [6.45, 7) is 0. The summed E-state index contributed by atoms with van der Waals surface area (Å²) < 4.78 is 13.0. The van der Waals surface area contributed by atoms with Crippen LogP contribution in [0.25, 0.3) is 0 Å². The van der Waals surface area contributed by atoms with Crippen LogP contribution < -0.4 is 10.6 Å². The number of carbonyl (C=O) groups is 2. The Hall–Kier alpha value is -2.40. The van der Waals surface area contributed by atoms with Gasteiger partial charge in [0.1, 0.15) is 12.2 Å². The first kappa shape index (κ1) is 15.0. The summed E-state index contributed by atoms with van der Waals surface area (Å²) >= 11 is 5.60. The molecule has 0 spiro atoms. The number of amides is 2. The summed E-state index contributed by atoms with van der Waals surface area (Å²) in [5.41, 5.74) is 0.944. The standard InChI is InChI=1S/C15H12ClFN2O2/c16-12-8-11(6-7-13(12)17)19-15(21)9-14(20)18-10-4-2-1-3-5-10/h1-8H,9H2,(H,18,20)(H,19,21). The van der Waals surface area contributed by atoms with Gasteiger partial charge >= 0.3 is 0 Å². The number of carbonyl (C=O) groups excluding carboxylic acids is 2. The number of anilines is 2. The second-order valence-electron chi connectivity index (χ2n) is 4.27. The Morgan fingerprint density at radius 2 is 1.57 bits per heavy atom. The number of benzene rings is 2. The van der Waals surface area contributed by atoms with Crippen molar-refractivity contribution in [1.82, 2.24) is 0 Å². The van der Waals surface area contributed by atoms with Crippen molar-refractivity contribution in [3.63, 3.8) is 0 Å². The maximum absolute atomic E-state index is 13.0. The van der Waals surface area contributed by atoms with E-state index in [1.807, 2.05) is 6.07 Å². The fraction of sp³-hybridized carbons (Fsp3) is 0.0667. The second-order valence-corrected chi connectivity index (χ2v) is 4.68. The van der Waals surface area contributed by atoms with E-state index < -0.39 is 17.6 Å². The molecule has 2 amide bonds. The molecule has 0 radical (unpaired) electrons. The average molecular weight is 307 g/mol. The van der Waals surface area contributed by atoms with Crippen LogP contribution in [-0.2, 0) is 9.59 Å². The Bertz CT molecular complexity index is 662. The van der Waals surface area contributed by atoms with Crippen LogP contribution in [0.5, 0.6) is 0 Å². The van der Waals surface area contributed by atoms with Crippen molar-refractivity contribution in [2.45, 2.75) is 6.42 Å². The first-order chi connectivity index (χ1) is 10.0. The topological polar surface area (TPSA) is 58.2 Å². The minimum absolute atomic E-state index is 0.0958. The molecule has 0 saturated heterocycles. The van der Waals surface area contributed by atoms with Crippen LogP contribution in [0.4, 0.5) is 15.8 Å². The van der Waals surface area contributed by atoms with Crippen LogP contribution in [-0.4, -0.2) is 11.8 Å². The Balaban J connectivity index is 1.89. The van der Waals surface area contributed by atoms with Gasteiger partial charge in [-0.2, -0.15) is 0 Å². The zero-order chi connectivity index (χ0) is 15.2. The molecule has 108 valence electrons. The Morgan fingerprint density at radius 3 is 2.19 bits per heavy atom. The van der Waals surface area contributed by atoms with Crippen molar-refractivity contribution < 1.29 is 14.0 Å². The lowest BCUT2D eigenvalue weighted by Crippen LogP contribution is -2.21. The monoisotopic (exact) mass is 306 g/mol. The van der Waals surface area contributed by atoms with Gasteiger partial charge < -0.3 is 10.6 Å². The van der Waals surface area contributed by atoms with Crippen LogP contribution >= 0.6 is 11.6 Å². The van der Waals surface area contributed by atoms with E-state index >= 15 is 0 Å². The third-order valence-corrected chi connectivity index (χ3v) is 2.87. The van der Waals surface area contributed by atoms with E-state index in [0.29, 0.717) is 11.4 Å². The summed E-state index contributed by atoms with van der Waals surface area (Å²) in [5, 5.41) is 4.97. The molecule has 0 atom stereocenters. The van der Waals surface area contributed by atoms with E-state index in [1.165, 1.54) is 12.1 Å². The molecule has 0 unspecified atom stereocenters. The molecule has 6 heteroatoms. The van der Waals surface area contributed by atoms with E-state index in [0.717, 1.165) is 6.07 Å². The fourth-order valence-electron chi connectivity index (χ4n) is 1.65. The molecule has 0 aromatic heterocycles. The predicted molar refractivity (Wildman–Crippen MR) is 79.7 cm³/mol. The van der Waals surface area contributed by atoms with Crippen LogP contribution in [0.1, 0.15) is 6.42 Å². The van der Waals surface area contributed by atoms with Gasteiger partial charge in [-0.1, -0.05) is 29.8 Å². The second kappa shape index (κ2) is 6.85. The van der Waals surface area contributed by atoms with Gasteiger partial charge in [-0.3, -0.25) is 9.59 Å². The molecule has 2 aromatic carbocycles. The Labute approximate surface area is 125 Å². The molecule has 0 bridgehead atoms. The first-order valence-electron chi connectivity index (χ1n) is 6.14. The van der Waals surface area contributed by atoms with Crippen molar-refractivity contribution in [1.29, 1.82) is 0 Å². The molecule has 0 aliphatic rings. The van der Waals surface area contributed by atoms with E-state index in [2.05, 4.69) is 10.6 Å². The van der Waals surface area contributed by atoms with Gasteiger partial charge in [-0.15, -0.1) is 0 Å². The molecule has 0 fully saturated rings. The maximum atomic E-state index is 13.0. The lowest BCUT2D eigenvalue weighted by atomic mass is 10.2. The van der Waals surface area contributed by atoms with E-state index in [9.17, 15) is 14.0 Å². The van der Waals surface area contributed by atoms with Gasteiger partial charge in [0, 0.05) is 11.4 Å². The van der Waals surface area contributed by atoms with Crippen molar-refractivity contribution in [3.05, 3.63) is 59.4 Å². The lowest BCUT2D eigenvalue weighted by Gasteiger charge is -2.07. The quantitative estimate of drug-likeness (QED) is 0.850. The number of nitrogens with one attached hydrogen (secondary N) is 2. The number of para-hydroxylation sites is 1. The SMILES string of the molecule is O=C(CC(=O)Nc1ccc(F)c(Cl)c1)Nc1ccccc1. The highest BCUT2D eigenvalue weighted by Crippen LogP contribution is 2.19. The van der Waals surface area contributed by atoms with Gasteiger partial charge in [0.2, 0.25) is 11.8 Å². The number of hydrogen-bond donors (Lipinski definition) is 2. The van der Waals surface area contributed by atoms with E-state index in [1.54, 1.807) is 24.3 Å². The largest absolute Gasteiger partial charge is 0.326 e. The molecule has 4 nitrogen and oxygen atoms in total. The van der Waals surface area contributed by atoms with E-state index in [-0.39, 0.29) is 11.4 Å². The summed E-state index contributed by atoms with van der Waals surface area (Å²) in [7, 11) is 0. The predicted octanol–water partition coefficient (Wildman–Crippen LogP) is 3.45. The van der Waals surface area contributed by atoms with Gasteiger partial charge in [-0.05, 0) is 30.3 Å². The smallest absolute Gasteiger partial charge is 0.233 e. The maximum Gasteiger partial charge on any atom is 0.233 e. The fourth-order valence-corrected chi connectivity index (χ4v) is 1.83. The molecule has 2 N–H and O–H groups in total. The first-order valence-corrected chi connectivity index (χ1v) is 6.52. The average Bonchev–Trinajstić information content (AvgIpc) is 2.43. The molecule has 2 aromatic rings. The molecule has 21 heavy (non-hydrogen) atoms. The highest BCUT2D eigenvalue weighted by molar-refractivity contribution is 6.31. The van der Waals surface area contributed by atoms with Crippen LogP contribution in [0.2, 0.25) is 5.02 Å². The van der Waals surface area contributed by atoms with Crippen molar-refractivity contribution >= 4 is 34.8 Å². The summed E-state index contributed by atoms with van der Waals surface area (Å²) in [6, 6.07) is 12.6. The van der Waals surface area contributed by atoms with Gasteiger partial charge in [0.15, 0.2) is 0 Å². The molecule has 0 aliphatic carbocycles. The van der Waals surface area contributed by atoms with Crippen LogP contribution in [0.3, 0.4) is 0 Å². The summed E-state index contributed by atoms with van der Waals surface area (Å²) in [5.74, 6) is -1.52. The lowest BCUT2D eigenvalue weighted by molar-refractivity contribution is -0.123.